The Kier molecular flexibility index (Phi) is 4.99. The Morgan fingerprint density at radius 2 is 1.88 bits per heavy atom. The molecule has 0 saturated carbocycles. The van der Waals surface area contributed by atoms with Gasteiger partial charge < -0.3 is 10.6 Å². The first-order valence-electron chi connectivity index (χ1n) is 6.99. The van der Waals surface area contributed by atoms with Gasteiger partial charge in [-0.2, -0.15) is 0 Å². The molecule has 1 heterocycles. The Hall–Kier alpha value is -0.570. The van der Waals surface area contributed by atoms with Gasteiger partial charge in [-0.05, 0) is 52.6 Å². The maximum Gasteiger partial charge on any atom is 0.226 e. The highest BCUT2D eigenvalue weighted by atomic mass is 16.2. The van der Waals surface area contributed by atoms with Crippen LogP contribution in [0.3, 0.4) is 0 Å². The van der Waals surface area contributed by atoms with Crippen LogP contribution in [0, 0.1) is 5.41 Å². The van der Waals surface area contributed by atoms with Gasteiger partial charge in [0.1, 0.15) is 0 Å². The largest absolute Gasteiger partial charge is 0.351 e. The summed E-state index contributed by atoms with van der Waals surface area (Å²) >= 11 is 0. The maximum atomic E-state index is 12.5. The van der Waals surface area contributed by atoms with Gasteiger partial charge in [0.15, 0.2) is 0 Å². The average molecular weight is 240 g/mol. The number of carbonyl (C=O) groups excluding carboxylic acids is 1. The Labute approximate surface area is 106 Å². The van der Waals surface area contributed by atoms with Crippen molar-refractivity contribution in [1.29, 1.82) is 0 Å². The Morgan fingerprint density at radius 1 is 1.29 bits per heavy atom. The molecule has 2 N–H and O–H groups in total. The van der Waals surface area contributed by atoms with Crippen LogP contribution in [0.1, 0.15) is 59.8 Å². The van der Waals surface area contributed by atoms with Crippen molar-refractivity contribution in [1.82, 2.24) is 10.6 Å². The van der Waals surface area contributed by atoms with E-state index in [1.165, 1.54) is 0 Å². The summed E-state index contributed by atoms with van der Waals surface area (Å²) in [5, 5.41) is 6.59. The molecule has 0 aliphatic carbocycles. The third-order valence-electron chi connectivity index (χ3n) is 4.05. The highest BCUT2D eigenvalue weighted by Crippen LogP contribution is 2.33. The van der Waals surface area contributed by atoms with Crippen LogP contribution in [0.2, 0.25) is 0 Å². The third-order valence-corrected chi connectivity index (χ3v) is 4.05. The second-order valence-electron chi connectivity index (χ2n) is 5.97. The van der Waals surface area contributed by atoms with Crippen LogP contribution < -0.4 is 10.6 Å². The summed E-state index contributed by atoms with van der Waals surface area (Å²) in [4.78, 5) is 12.5. The monoisotopic (exact) mass is 240 g/mol. The summed E-state index contributed by atoms with van der Waals surface area (Å²) < 4.78 is 0. The number of carbonyl (C=O) groups is 1. The topological polar surface area (TPSA) is 41.1 Å². The number of hydrogen-bond acceptors (Lipinski definition) is 2. The molecule has 100 valence electrons. The van der Waals surface area contributed by atoms with Crippen LogP contribution in [0.15, 0.2) is 0 Å². The molecular weight excluding hydrogens is 212 g/mol. The third kappa shape index (κ3) is 3.70. The van der Waals surface area contributed by atoms with Crippen molar-refractivity contribution in [3.8, 4) is 0 Å². The fraction of sp³-hybridized carbons (Fsp3) is 0.929. The molecule has 3 heteroatoms. The number of nitrogens with one attached hydrogen (secondary N) is 2. The molecule has 0 unspecified atom stereocenters. The first-order valence-corrected chi connectivity index (χ1v) is 6.99. The van der Waals surface area contributed by atoms with E-state index in [1.807, 2.05) is 0 Å². The van der Waals surface area contributed by atoms with Gasteiger partial charge >= 0.3 is 0 Å². The highest BCUT2D eigenvalue weighted by Gasteiger charge is 2.39. The predicted molar refractivity (Wildman–Crippen MR) is 72.0 cm³/mol. The zero-order valence-corrected chi connectivity index (χ0v) is 11.9. The predicted octanol–water partition coefficient (Wildman–Crippen LogP) is 2.46. The molecule has 0 spiro atoms. The van der Waals surface area contributed by atoms with Crippen molar-refractivity contribution in [2.45, 2.75) is 65.3 Å². The molecule has 0 atom stereocenters. The lowest BCUT2D eigenvalue weighted by atomic mass is 9.75. The van der Waals surface area contributed by atoms with E-state index in [0.29, 0.717) is 0 Å². The molecule has 1 saturated heterocycles. The molecule has 3 nitrogen and oxygen atoms in total. The van der Waals surface area contributed by atoms with E-state index in [9.17, 15) is 4.79 Å². The molecule has 0 bridgehead atoms. The normalized spacial score (nSPS) is 20.0. The zero-order chi connectivity index (χ0) is 12.9. The minimum atomic E-state index is -0.129. The van der Waals surface area contributed by atoms with Crippen LogP contribution in [0.5, 0.6) is 0 Å². The lowest BCUT2D eigenvalue weighted by Gasteiger charge is -2.38. The summed E-state index contributed by atoms with van der Waals surface area (Å²) in [7, 11) is 0. The van der Waals surface area contributed by atoms with Gasteiger partial charge in [0.2, 0.25) is 5.91 Å². The summed E-state index contributed by atoms with van der Waals surface area (Å²) in [6.07, 6.45) is 5.03. The zero-order valence-electron chi connectivity index (χ0n) is 11.9. The number of piperidine rings is 1. The first-order chi connectivity index (χ1) is 7.96. The van der Waals surface area contributed by atoms with E-state index in [1.54, 1.807) is 0 Å². The van der Waals surface area contributed by atoms with Gasteiger partial charge in [0.25, 0.3) is 0 Å². The fourth-order valence-corrected chi connectivity index (χ4v) is 2.77. The second kappa shape index (κ2) is 5.85. The molecule has 17 heavy (non-hydrogen) atoms. The van der Waals surface area contributed by atoms with E-state index in [2.05, 4.69) is 38.3 Å². The Balaban J connectivity index is 2.66. The Bertz CT molecular complexity index is 255. The summed E-state index contributed by atoms with van der Waals surface area (Å²) in [6.45, 7) is 10.5. The quantitative estimate of drug-likeness (QED) is 0.775. The van der Waals surface area contributed by atoms with Crippen molar-refractivity contribution < 1.29 is 4.79 Å². The molecule has 0 aromatic carbocycles. The summed E-state index contributed by atoms with van der Waals surface area (Å²) in [5.41, 5.74) is -0.199. The molecule has 0 aromatic heterocycles. The van der Waals surface area contributed by atoms with Gasteiger partial charge in [0.05, 0.1) is 5.41 Å². The van der Waals surface area contributed by atoms with E-state index in [0.717, 1.165) is 45.2 Å². The molecule has 1 fully saturated rings. The minimum absolute atomic E-state index is 0.0706. The molecule has 0 radical (unpaired) electrons. The molecular formula is C14H28N2O. The van der Waals surface area contributed by atoms with E-state index in [4.69, 9.17) is 0 Å². The lowest BCUT2D eigenvalue weighted by Crippen LogP contribution is -2.53. The van der Waals surface area contributed by atoms with Crippen molar-refractivity contribution in [3.05, 3.63) is 0 Å². The molecule has 0 aromatic rings. The highest BCUT2D eigenvalue weighted by molar-refractivity contribution is 5.83. The smallest absolute Gasteiger partial charge is 0.226 e. The van der Waals surface area contributed by atoms with E-state index in [-0.39, 0.29) is 16.9 Å². The van der Waals surface area contributed by atoms with Crippen molar-refractivity contribution in [2.24, 2.45) is 5.41 Å². The van der Waals surface area contributed by atoms with Crippen molar-refractivity contribution in [2.75, 3.05) is 13.1 Å². The van der Waals surface area contributed by atoms with Crippen LogP contribution in [0.25, 0.3) is 0 Å². The fourth-order valence-electron chi connectivity index (χ4n) is 2.77. The summed E-state index contributed by atoms with van der Waals surface area (Å²) in [5.74, 6) is 0.264. The van der Waals surface area contributed by atoms with Gasteiger partial charge in [-0.15, -0.1) is 0 Å². The molecule has 1 amide bonds. The van der Waals surface area contributed by atoms with Gasteiger partial charge in [-0.25, -0.2) is 0 Å². The standard InChI is InChI=1S/C14H28N2O/c1-5-7-13(3,4)16-12(17)14(6-2)8-10-15-11-9-14/h15H,5-11H2,1-4H3,(H,16,17). The van der Waals surface area contributed by atoms with E-state index >= 15 is 0 Å². The van der Waals surface area contributed by atoms with E-state index < -0.39 is 0 Å². The van der Waals surface area contributed by atoms with Crippen LogP contribution in [0.4, 0.5) is 0 Å². The number of rotatable bonds is 5. The van der Waals surface area contributed by atoms with Crippen LogP contribution >= 0.6 is 0 Å². The molecule has 1 aliphatic heterocycles. The van der Waals surface area contributed by atoms with Crippen LogP contribution in [-0.2, 0) is 4.79 Å². The molecule has 1 rings (SSSR count). The van der Waals surface area contributed by atoms with Gasteiger partial charge in [-0.3, -0.25) is 4.79 Å². The van der Waals surface area contributed by atoms with Crippen LogP contribution in [-0.4, -0.2) is 24.5 Å². The first kappa shape index (κ1) is 14.5. The molecule has 1 aliphatic rings. The average Bonchev–Trinajstić information content (AvgIpc) is 2.29. The summed E-state index contributed by atoms with van der Waals surface area (Å²) in [6, 6.07) is 0. The number of hydrogen-bond donors (Lipinski definition) is 2. The lowest BCUT2D eigenvalue weighted by molar-refractivity contribution is -0.134. The minimum Gasteiger partial charge on any atom is -0.351 e. The van der Waals surface area contributed by atoms with Gasteiger partial charge in [0, 0.05) is 5.54 Å². The van der Waals surface area contributed by atoms with Crippen molar-refractivity contribution >= 4 is 5.91 Å². The second-order valence-corrected chi connectivity index (χ2v) is 5.97. The SMILES string of the molecule is CCCC(C)(C)NC(=O)C1(CC)CCNCC1. The van der Waals surface area contributed by atoms with Gasteiger partial charge in [-0.1, -0.05) is 20.3 Å². The maximum absolute atomic E-state index is 12.5. The number of amides is 1. The Morgan fingerprint density at radius 3 is 2.35 bits per heavy atom. The van der Waals surface area contributed by atoms with Crippen molar-refractivity contribution in [3.63, 3.8) is 0 Å².